The first-order chi connectivity index (χ1) is 57.0. The predicted molar refractivity (Wildman–Crippen MR) is 416 cm³/mol. The van der Waals surface area contributed by atoms with E-state index in [1.54, 1.807) is 12.2 Å². The van der Waals surface area contributed by atoms with Gasteiger partial charge in [-0.2, -0.15) is 0 Å². The highest BCUT2D eigenvalue weighted by molar-refractivity contribution is 7.92. The maximum atomic E-state index is 15.0. The summed E-state index contributed by atoms with van der Waals surface area (Å²) in [4.78, 5) is 126. The Hall–Kier alpha value is -8.42. The van der Waals surface area contributed by atoms with Gasteiger partial charge in [-0.3, -0.25) is 47.8 Å². The first kappa shape index (κ1) is 80.0. The molecule has 2 saturated heterocycles. The Morgan fingerprint density at radius 1 is 0.586 bits per heavy atom. The maximum absolute atomic E-state index is 15.0. The lowest BCUT2D eigenvalue weighted by atomic mass is 9.79. The minimum absolute atomic E-state index is 0.00233. The standard InChI is InChI=1S/2C42H54F3N3O9S/c2*1-7-25-16-24(2)10-8-9-11-26-20-42(26,39(52)47-58(53,54)41(5)14-15-41)21-33(49)32-18-28(56-36-31-17-27(43)12-13-29(31)34(55-6)22-46-36)23-48(32)37(51)30(25)19-35(50)57-40(3,4)38(44)45/h2*9,11-13,17,22,24-26,28,30,32,38H,7-8,10,14-16,18-21,23H2,1-6H3,(H,47,52)/b2*11-9-/t24-,25+,26+,28+,30-,32-,42+;24-,25-,26-,28-,30+,32+,42-/m01/s1/i2*5D3. The van der Waals surface area contributed by atoms with E-state index in [0.717, 1.165) is 27.7 Å². The maximum Gasteiger partial charge on any atom is 0.307 e. The molecule has 2 aromatic carbocycles. The molecule has 24 nitrogen and oxygen atoms in total. The van der Waals surface area contributed by atoms with Crippen LogP contribution >= 0.6 is 0 Å². The Labute approximate surface area is 681 Å². The van der Waals surface area contributed by atoms with E-state index in [9.17, 15) is 71.9 Å². The van der Waals surface area contributed by atoms with E-state index in [1.807, 2.05) is 49.3 Å². The summed E-state index contributed by atoms with van der Waals surface area (Å²) in [6.45, 7) is 5.66. The lowest BCUT2D eigenvalue weighted by molar-refractivity contribution is -0.175. The van der Waals surface area contributed by atoms with Crippen molar-refractivity contribution in [3.8, 4) is 23.3 Å². The van der Waals surface area contributed by atoms with E-state index < -0.39 is 222 Å². The van der Waals surface area contributed by atoms with Gasteiger partial charge in [0.25, 0.3) is 12.9 Å². The van der Waals surface area contributed by atoms with Crippen LogP contribution in [0.25, 0.3) is 21.5 Å². The van der Waals surface area contributed by atoms with Gasteiger partial charge in [0.1, 0.15) is 35.3 Å². The molecule has 4 aliphatic heterocycles. The third-order valence-corrected chi connectivity index (χ3v) is 28.4. The number of ether oxygens (including phenoxy) is 6. The Kier molecular flexibility index (Phi) is 23.8. The van der Waals surface area contributed by atoms with E-state index in [0.29, 0.717) is 73.6 Å². The zero-order chi connectivity index (χ0) is 89.7. The topological polar surface area (TPSA) is 317 Å². The molecule has 6 heterocycles. The fourth-order valence-electron chi connectivity index (χ4n) is 16.8. The van der Waals surface area contributed by atoms with E-state index in [-0.39, 0.29) is 98.8 Å². The van der Waals surface area contributed by atoms with E-state index in [4.69, 9.17) is 36.6 Å². The van der Waals surface area contributed by atoms with Crippen LogP contribution in [0.4, 0.5) is 26.3 Å². The number of ketones is 2. The van der Waals surface area contributed by atoms with Crippen LogP contribution in [-0.2, 0) is 67.9 Å². The first-order valence-electron chi connectivity index (χ1n) is 42.7. The lowest BCUT2D eigenvalue weighted by Crippen LogP contribution is -2.48. The Morgan fingerprint density at radius 3 is 1.28 bits per heavy atom. The summed E-state index contributed by atoms with van der Waals surface area (Å²) < 4.78 is 220. The van der Waals surface area contributed by atoms with Crippen molar-refractivity contribution in [2.45, 2.75) is 255 Å². The predicted octanol–water partition coefficient (Wildman–Crippen LogP) is 13.4. The number of pyridine rings is 2. The minimum Gasteiger partial charge on any atom is -0.494 e. The molecule has 14 atom stereocenters. The van der Waals surface area contributed by atoms with Crippen molar-refractivity contribution in [3.63, 3.8) is 0 Å². The van der Waals surface area contributed by atoms with Crippen LogP contribution in [0.2, 0.25) is 0 Å². The molecule has 116 heavy (non-hydrogen) atoms. The highest BCUT2D eigenvalue weighted by atomic mass is 32.2. The number of carbonyl (C=O) groups is 8. The number of methoxy groups -OCH3 is 2. The number of allylic oxidation sites excluding steroid dienone is 4. The molecular formula is C84H108F6N6O18S2. The second-order valence-electron chi connectivity index (χ2n) is 34.1. The highest BCUT2D eigenvalue weighted by Crippen LogP contribution is 2.60. The molecule has 8 aliphatic rings. The number of nitrogens with one attached hydrogen (secondary N) is 2. The number of hydrogen-bond donors (Lipinski definition) is 2. The normalized spacial score (nSPS) is 30.4. The zero-order valence-electron chi connectivity index (χ0n) is 72.8. The van der Waals surface area contributed by atoms with Crippen LogP contribution in [-0.4, -0.2) is 169 Å². The average molecular weight is 1670 g/mol. The van der Waals surface area contributed by atoms with Gasteiger partial charge in [-0.1, -0.05) is 64.8 Å². The lowest BCUT2D eigenvalue weighted by Gasteiger charge is -2.34. The number of fused-ring (bicyclic) bond motifs is 6. The van der Waals surface area contributed by atoms with E-state index in [2.05, 4.69) is 9.97 Å². The molecule has 32 heteroatoms. The van der Waals surface area contributed by atoms with Crippen molar-refractivity contribution in [1.29, 1.82) is 0 Å². The first-order valence-corrected chi connectivity index (χ1v) is 42.7. The summed E-state index contributed by atoms with van der Waals surface area (Å²) in [6, 6.07) is 5.30. The summed E-state index contributed by atoms with van der Waals surface area (Å²) in [7, 11) is -6.59. The molecule has 4 saturated carbocycles. The molecule has 0 bridgehead atoms. The summed E-state index contributed by atoms with van der Waals surface area (Å²) in [5, 5.41) is 1.44. The smallest absolute Gasteiger partial charge is 0.307 e. The number of amides is 4. The number of Topliss-reactive ketones (excluding diaryl/α,β-unsaturated/α-hetero) is 2. The van der Waals surface area contributed by atoms with Gasteiger partial charge in [-0.05, 0) is 190 Å². The third kappa shape index (κ3) is 19.1. The Bertz CT molecular complexity index is 4670. The van der Waals surface area contributed by atoms with Crippen molar-refractivity contribution in [1.82, 2.24) is 29.2 Å². The molecule has 0 unspecified atom stereocenters. The van der Waals surface area contributed by atoms with Gasteiger partial charge in [0, 0.05) is 44.7 Å². The van der Waals surface area contributed by atoms with Crippen molar-refractivity contribution >= 4 is 88.7 Å². The number of hydrogen-bond acceptors (Lipinski definition) is 20. The minimum atomic E-state index is -4.71. The summed E-state index contributed by atoms with van der Waals surface area (Å²) >= 11 is 0. The SMILES string of the molecule is [2H]C([2H])([2H])C1(S(=O)(=O)NC(=O)[C@]23CC(=O)[C@@H]4C[C@@H](Oc5ncc(OC)c6ccc(F)cc56)CN4C(=O)[C@@H](CC(=O)OC(C)(C)C(F)F)[C@H](CC)C[C@@H](C)CC/C=C\[C@@H]2C3)CC1.[2H]C([2H])([2H])C1(S(=O)(=O)NC(=O)[C@]23CC(=O)[C@@H]4C[C@@H](Oc5ncc(OC)c6ccc(F)cc56)CN4C(=O)[C@@H](CC(=O)OC(C)(C)C(F)F)[C@H](CC)C[C@H](C)CC/C=C\[C@@H]2C3)CC1. The number of esters is 2. The number of nitrogens with zero attached hydrogens (tertiary/aromatic N) is 4. The van der Waals surface area contributed by atoms with Crippen molar-refractivity contribution in [3.05, 3.63) is 84.7 Å². The van der Waals surface area contributed by atoms with Crippen molar-refractivity contribution in [2.24, 2.45) is 58.2 Å². The van der Waals surface area contributed by atoms with Gasteiger partial charge >= 0.3 is 11.9 Å². The molecule has 6 fully saturated rings. The summed E-state index contributed by atoms with van der Waals surface area (Å²) in [5.74, 6) is -11.4. The largest absolute Gasteiger partial charge is 0.494 e. The number of rotatable bonds is 22. The molecule has 636 valence electrons. The number of halogens is 6. The Balaban J connectivity index is 0.000000238. The van der Waals surface area contributed by atoms with Crippen LogP contribution in [0.1, 0.15) is 206 Å². The van der Waals surface area contributed by atoms with Gasteiger partial charge in [0.15, 0.2) is 22.8 Å². The number of carbonyl (C=O) groups excluding carboxylic acids is 8. The molecule has 4 aliphatic carbocycles. The molecule has 4 aromatic rings. The molecule has 12 rings (SSSR count). The molecular weight excluding hydrogens is 1560 g/mol. The Morgan fingerprint density at radius 2 is 0.957 bits per heavy atom. The number of sulfonamides is 2. The zero-order valence-corrected chi connectivity index (χ0v) is 68.4. The van der Waals surface area contributed by atoms with Gasteiger partial charge in [-0.25, -0.2) is 53.1 Å². The summed E-state index contributed by atoms with van der Waals surface area (Å²) in [5.41, 5.74) is -7.48. The molecule has 2 N–H and O–H groups in total. The second kappa shape index (κ2) is 34.5. The fraction of sp³-hybridized carbons (Fsp3) is 0.643. The quantitative estimate of drug-likeness (QED) is 0.0419. The van der Waals surface area contributed by atoms with Crippen LogP contribution in [0.5, 0.6) is 23.3 Å². The van der Waals surface area contributed by atoms with Gasteiger partial charge in [0.05, 0.1) is 108 Å². The van der Waals surface area contributed by atoms with Gasteiger partial charge in [0.2, 0.25) is 55.4 Å². The molecule has 2 aromatic heterocycles. The van der Waals surface area contributed by atoms with Crippen LogP contribution in [0.15, 0.2) is 73.1 Å². The molecule has 0 spiro atoms. The van der Waals surface area contributed by atoms with Crippen LogP contribution < -0.4 is 28.4 Å². The number of benzene rings is 2. The molecule has 0 radical (unpaired) electrons. The average Bonchev–Trinajstić information content (AvgIpc) is 1.55. The van der Waals surface area contributed by atoms with Crippen LogP contribution in [0.3, 0.4) is 0 Å². The highest BCUT2D eigenvalue weighted by Gasteiger charge is 2.65. The van der Waals surface area contributed by atoms with E-state index in [1.165, 1.54) is 72.8 Å². The van der Waals surface area contributed by atoms with E-state index >= 15 is 9.59 Å². The van der Waals surface area contributed by atoms with Crippen LogP contribution in [0, 0.1) is 69.8 Å². The fourth-order valence-corrected chi connectivity index (χ4v) is 19.3. The number of aromatic nitrogens is 2. The molecule has 4 amide bonds. The van der Waals surface area contributed by atoms with Gasteiger partial charge < -0.3 is 38.2 Å². The second-order valence-corrected chi connectivity index (χ2v) is 38.1. The number of alkyl halides is 4. The van der Waals surface area contributed by atoms with Crippen molar-refractivity contribution < 1.29 is 118 Å². The summed E-state index contributed by atoms with van der Waals surface area (Å²) in [6.07, 6.45) is 3.20. The van der Waals surface area contributed by atoms with Crippen molar-refractivity contribution in [2.75, 3.05) is 27.3 Å². The van der Waals surface area contributed by atoms with Gasteiger partial charge in [-0.15, -0.1) is 0 Å². The third-order valence-electron chi connectivity index (χ3n) is 24.6. The monoisotopic (exact) mass is 1670 g/mol.